The largest absolute Gasteiger partial charge is 0.347 e. The van der Waals surface area contributed by atoms with E-state index in [-0.39, 0.29) is 30.0 Å². The molecule has 0 spiro atoms. The molecule has 2 amide bonds. The summed E-state index contributed by atoms with van der Waals surface area (Å²) in [6.45, 7) is 4.62. The molecule has 1 fully saturated rings. The van der Waals surface area contributed by atoms with E-state index in [1.165, 1.54) is 13.0 Å². The Morgan fingerprint density at radius 2 is 2.08 bits per heavy atom. The van der Waals surface area contributed by atoms with E-state index in [4.69, 9.17) is 0 Å². The highest BCUT2D eigenvalue weighted by atomic mass is 16.2. The summed E-state index contributed by atoms with van der Waals surface area (Å²) >= 11 is 0. The number of fused-ring (bicyclic) bond motifs is 1. The second-order valence-electron chi connectivity index (χ2n) is 6.16. The van der Waals surface area contributed by atoms with Crippen molar-refractivity contribution in [2.45, 2.75) is 32.9 Å². The van der Waals surface area contributed by atoms with Crippen LogP contribution in [0.3, 0.4) is 0 Å². The van der Waals surface area contributed by atoms with E-state index in [9.17, 15) is 19.2 Å². The number of likely N-dealkylation sites (tertiary alicyclic amines) is 1. The van der Waals surface area contributed by atoms with Gasteiger partial charge in [0.1, 0.15) is 0 Å². The summed E-state index contributed by atoms with van der Waals surface area (Å²) in [5.41, 5.74) is -0.172. The molecule has 2 heterocycles. The first-order valence-corrected chi connectivity index (χ1v) is 8.24. The van der Waals surface area contributed by atoms with Crippen LogP contribution in [0.5, 0.6) is 0 Å². The van der Waals surface area contributed by atoms with Gasteiger partial charge in [-0.1, -0.05) is 0 Å². The van der Waals surface area contributed by atoms with Crippen LogP contribution in [0.15, 0.2) is 27.8 Å². The molecule has 1 aliphatic rings. The third-order valence-electron chi connectivity index (χ3n) is 4.53. The van der Waals surface area contributed by atoms with Crippen LogP contribution in [0.2, 0.25) is 0 Å². The Morgan fingerprint density at radius 1 is 1.32 bits per heavy atom. The van der Waals surface area contributed by atoms with Crippen LogP contribution in [-0.2, 0) is 11.3 Å². The van der Waals surface area contributed by atoms with Crippen molar-refractivity contribution in [3.05, 3.63) is 44.6 Å². The van der Waals surface area contributed by atoms with Crippen LogP contribution >= 0.6 is 0 Å². The molecule has 2 aromatic rings. The fourth-order valence-electron chi connectivity index (χ4n) is 3.12. The van der Waals surface area contributed by atoms with Gasteiger partial charge < -0.3 is 15.2 Å². The molecule has 0 aliphatic carbocycles. The van der Waals surface area contributed by atoms with Crippen LogP contribution in [0.25, 0.3) is 10.9 Å². The van der Waals surface area contributed by atoms with E-state index >= 15 is 0 Å². The molecule has 8 heteroatoms. The van der Waals surface area contributed by atoms with Gasteiger partial charge >= 0.3 is 5.69 Å². The molecule has 0 bridgehead atoms. The number of nitrogens with zero attached hydrogens (tertiary/aromatic N) is 2. The van der Waals surface area contributed by atoms with Crippen molar-refractivity contribution in [2.75, 3.05) is 13.1 Å². The average Bonchev–Trinajstić information content (AvgIpc) is 3.03. The molecule has 0 radical (unpaired) electrons. The fraction of sp³-hybridized carbons (Fsp3) is 0.412. The molecule has 1 saturated heterocycles. The highest BCUT2D eigenvalue weighted by Crippen LogP contribution is 2.12. The molecule has 132 valence electrons. The number of carbonyl (C=O) groups is 2. The van der Waals surface area contributed by atoms with Crippen LogP contribution in [-0.4, -0.2) is 45.4 Å². The van der Waals surface area contributed by atoms with Crippen LogP contribution in [0, 0.1) is 0 Å². The highest BCUT2D eigenvalue weighted by Gasteiger charge is 2.25. The summed E-state index contributed by atoms with van der Waals surface area (Å²) < 4.78 is 1.11. The molecule has 1 atom stereocenters. The van der Waals surface area contributed by atoms with E-state index in [0.29, 0.717) is 36.0 Å². The second-order valence-corrected chi connectivity index (χ2v) is 6.16. The van der Waals surface area contributed by atoms with Gasteiger partial charge in [-0.25, -0.2) is 4.79 Å². The number of H-pyrrole nitrogens is 1. The number of aromatic amines is 1. The van der Waals surface area contributed by atoms with Crippen LogP contribution in [0.1, 0.15) is 30.6 Å². The minimum atomic E-state index is -0.495. The van der Waals surface area contributed by atoms with Gasteiger partial charge in [0.2, 0.25) is 5.91 Å². The molecular weight excluding hydrogens is 324 g/mol. The third kappa shape index (κ3) is 3.19. The number of benzene rings is 1. The maximum absolute atomic E-state index is 12.4. The number of carbonyl (C=O) groups excluding carboxylic acids is 2. The minimum Gasteiger partial charge on any atom is -0.347 e. The van der Waals surface area contributed by atoms with Gasteiger partial charge in [0.05, 0.1) is 10.9 Å². The third-order valence-corrected chi connectivity index (χ3v) is 4.53. The van der Waals surface area contributed by atoms with E-state index in [1.807, 2.05) is 0 Å². The number of hydrogen-bond acceptors (Lipinski definition) is 4. The number of aromatic nitrogens is 2. The van der Waals surface area contributed by atoms with E-state index in [0.717, 1.165) is 4.57 Å². The smallest absolute Gasteiger partial charge is 0.328 e. The lowest BCUT2D eigenvalue weighted by molar-refractivity contribution is -0.127. The van der Waals surface area contributed by atoms with Crippen LogP contribution in [0.4, 0.5) is 0 Å². The highest BCUT2D eigenvalue weighted by molar-refractivity contribution is 5.97. The zero-order chi connectivity index (χ0) is 18.1. The molecule has 1 aromatic carbocycles. The van der Waals surface area contributed by atoms with E-state index in [2.05, 4.69) is 10.3 Å². The molecule has 1 unspecified atom stereocenters. The van der Waals surface area contributed by atoms with Crippen molar-refractivity contribution in [1.29, 1.82) is 0 Å². The predicted molar refractivity (Wildman–Crippen MR) is 92.6 cm³/mol. The molecule has 2 N–H and O–H groups in total. The zero-order valence-electron chi connectivity index (χ0n) is 14.2. The van der Waals surface area contributed by atoms with Crippen molar-refractivity contribution in [1.82, 2.24) is 19.8 Å². The van der Waals surface area contributed by atoms with Crippen molar-refractivity contribution >= 4 is 22.7 Å². The summed E-state index contributed by atoms with van der Waals surface area (Å²) in [7, 11) is 0. The summed E-state index contributed by atoms with van der Waals surface area (Å²) in [5.74, 6) is -0.301. The Kier molecular flexibility index (Phi) is 4.43. The van der Waals surface area contributed by atoms with E-state index < -0.39 is 5.69 Å². The Labute approximate surface area is 143 Å². The summed E-state index contributed by atoms with van der Waals surface area (Å²) in [4.78, 5) is 52.3. The normalized spacial score (nSPS) is 17.0. The fourth-order valence-corrected chi connectivity index (χ4v) is 3.12. The van der Waals surface area contributed by atoms with Crippen molar-refractivity contribution in [2.24, 2.45) is 0 Å². The Bertz CT molecular complexity index is 959. The monoisotopic (exact) mass is 344 g/mol. The second kappa shape index (κ2) is 6.54. The summed E-state index contributed by atoms with van der Waals surface area (Å²) in [6.07, 6.45) is 0.705. The number of rotatable bonds is 3. The molecular formula is C17H20N4O4. The van der Waals surface area contributed by atoms with Crippen molar-refractivity contribution < 1.29 is 9.59 Å². The summed E-state index contributed by atoms with van der Waals surface area (Å²) in [5, 5.41) is 3.25. The lowest BCUT2D eigenvalue weighted by atomic mass is 10.1. The quantitative estimate of drug-likeness (QED) is 0.821. The van der Waals surface area contributed by atoms with Gasteiger partial charge in [0, 0.05) is 38.2 Å². The topological polar surface area (TPSA) is 104 Å². The minimum absolute atomic E-state index is 0.00719. The van der Waals surface area contributed by atoms with Crippen molar-refractivity contribution in [3.8, 4) is 0 Å². The van der Waals surface area contributed by atoms with E-state index in [1.54, 1.807) is 24.0 Å². The molecule has 3 rings (SSSR count). The van der Waals surface area contributed by atoms with Gasteiger partial charge in [-0.2, -0.15) is 0 Å². The lowest BCUT2D eigenvalue weighted by Gasteiger charge is -2.15. The number of hydrogen-bond donors (Lipinski definition) is 2. The SMILES string of the molecule is CCn1c(=O)[nH]c2cc(C(=O)NC3CCN(C(C)=O)C3)ccc2c1=O. The lowest BCUT2D eigenvalue weighted by Crippen LogP contribution is -2.38. The Morgan fingerprint density at radius 3 is 2.72 bits per heavy atom. The van der Waals surface area contributed by atoms with Gasteiger partial charge in [-0.05, 0) is 31.5 Å². The Balaban J connectivity index is 1.84. The van der Waals surface area contributed by atoms with Crippen molar-refractivity contribution in [3.63, 3.8) is 0 Å². The first-order valence-electron chi connectivity index (χ1n) is 8.24. The average molecular weight is 344 g/mol. The number of nitrogens with one attached hydrogen (secondary N) is 2. The standard InChI is InChI=1S/C17H20N4O4/c1-3-21-16(24)13-5-4-11(8-14(13)19-17(21)25)15(23)18-12-6-7-20(9-12)10(2)22/h4-5,8,12H,3,6-7,9H2,1-2H3,(H,18,23)(H,19,25). The molecule has 1 aliphatic heterocycles. The Hall–Kier alpha value is -2.90. The molecule has 0 saturated carbocycles. The van der Waals surface area contributed by atoms with Crippen LogP contribution < -0.4 is 16.6 Å². The molecule has 8 nitrogen and oxygen atoms in total. The first kappa shape index (κ1) is 16.9. The van der Waals surface area contributed by atoms with Gasteiger partial charge in [0.25, 0.3) is 11.5 Å². The first-order chi connectivity index (χ1) is 11.9. The predicted octanol–water partition coefficient (Wildman–Crippen LogP) is 0.0603. The maximum atomic E-state index is 12.4. The maximum Gasteiger partial charge on any atom is 0.328 e. The zero-order valence-corrected chi connectivity index (χ0v) is 14.2. The molecule has 25 heavy (non-hydrogen) atoms. The molecule has 1 aromatic heterocycles. The van der Waals surface area contributed by atoms with Gasteiger partial charge in [0.15, 0.2) is 0 Å². The summed E-state index contributed by atoms with van der Waals surface area (Å²) in [6, 6.07) is 4.52. The van der Waals surface area contributed by atoms with Gasteiger partial charge in [-0.3, -0.25) is 19.0 Å². The van der Waals surface area contributed by atoms with Gasteiger partial charge in [-0.15, -0.1) is 0 Å². The number of amides is 2.